The van der Waals surface area contributed by atoms with Crippen molar-refractivity contribution >= 4 is 46.3 Å². The van der Waals surface area contributed by atoms with E-state index in [-0.39, 0.29) is 12.1 Å². The second-order valence-electron chi connectivity index (χ2n) is 10.6. The van der Waals surface area contributed by atoms with E-state index in [9.17, 15) is 0 Å². The first kappa shape index (κ1) is 21.7. The molecule has 7 nitrogen and oxygen atoms in total. The predicted molar refractivity (Wildman–Crippen MR) is 159 cm³/mol. The van der Waals surface area contributed by atoms with Crippen LogP contribution in [-0.4, -0.2) is 27.0 Å². The van der Waals surface area contributed by atoms with E-state index >= 15 is 0 Å². The monoisotopic (exact) mass is 519 g/mol. The van der Waals surface area contributed by atoms with Gasteiger partial charge in [0.25, 0.3) is 0 Å². The summed E-state index contributed by atoms with van der Waals surface area (Å²) >= 11 is 0. The lowest BCUT2D eigenvalue weighted by Crippen LogP contribution is -2.45. The molecule has 7 heteroatoms. The molecule has 1 aromatic carbocycles. The summed E-state index contributed by atoms with van der Waals surface area (Å²) in [5, 5.41) is 0. The highest BCUT2D eigenvalue weighted by Gasteiger charge is 2.35. The number of anilines is 8. The molecule has 4 aromatic rings. The summed E-state index contributed by atoms with van der Waals surface area (Å²) < 4.78 is 0. The lowest BCUT2D eigenvalue weighted by molar-refractivity contribution is 0.589. The topological polar surface area (TPSA) is 51.6 Å². The molecule has 0 radical (unpaired) electrons. The molecule has 2 unspecified atom stereocenters. The third-order valence-corrected chi connectivity index (χ3v) is 8.29. The molecule has 0 fully saturated rings. The van der Waals surface area contributed by atoms with Crippen molar-refractivity contribution in [2.75, 3.05) is 19.6 Å². The zero-order valence-corrected chi connectivity index (χ0v) is 21.7. The zero-order chi connectivity index (χ0) is 26.2. The van der Waals surface area contributed by atoms with Crippen molar-refractivity contribution in [1.82, 2.24) is 15.0 Å². The van der Waals surface area contributed by atoms with E-state index in [0.717, 1.165) is 64.8 Å². The number of aromatic nitrogens is 3. The first-order valence-corrected chi connectivity index (χ1v) is 13.7. The normalized spacial score (nSPS) is 21.2. The molecule has 0 saturated heterocycles. The van der Waals surface area contributed by atoms with Gasteiger partial charge in [-0.2, -0.15) is 0 Å². The van der Waals surface area contributed by atoms with Crippen LogP contribution >= 0.6 is 0 Å². The van der Waals surface area contributed by atoms with Gasteiger partial charge in [0.15, 0.2) is 0 Å². The van der Waals surface area contributed by atoms with Crippen LogP contribution in [0.15, 0.2) is 127 Å². The van der Waals surface area contributed by atoms with Crippen LogP contribution in [0.5, 0.6) is 0 Å². The molecule has 2 aliphatic carbocycles. The Kier molecular flexibility index (Phi) is 4.44. The van der Waals surface area contributed by atoms with Crippen LogP contribution in [0.1, 0.15) is 12.8 Å². The molecule has 7 heterocycles. The summed E-state index contributed by atoms with van der Waals surface area (Å²) in [5.74, 6) is 4.94. The molecule has 0 amide bonds. The Morgan fingerprint density at radius 1 is 0.500 bits per heavy atom. The molecule has 2 atom stereocenters. The maximum atomic E-state index is 5.28. The Morgan fingerprint density at radius 2 is 0.925 bits per heavy atom. The predicted octanol–water partition coefficient (Wildman–Crippen LogP) is 7.19. The first-order chi connectivity index (χ1) is 19.8. The summed E-state index contributed by atoms with van der Waals surface area (Å²) in [4.78, 5) is 25.0. The maximum absolute atomic E-state index is 5.28. The quantitative estimate of drug-likeness (QED) is 0.244. The zero-order valence-electron chi connectivity index (χ0n) is 21.7. The smallest absolute Gasteiger partial charge is 0.141 e. The highest BCUT2D eigenvalue weighted by molar-refractivity contribution is 5.80. The Balaban J connectivity index is 1.48. The van der Waals surface area contributed by atoms with Crippen LogP contribution in [0.4, 0.5) is 46.3 Å². The second-order valence-corrected chi connectivity index (χ2v) is 10.6. The van der Waals surface area contributed by atoms with Crippen LogP contribution in [0.25, 0.3) is 0 Å². The van der Waals surface area contributed by atoms with Gasteiger partial charge >= 0.3 is 0 Å². The van der Waals surface area contributed by atoms with Crippen LogP contribution < -0.4 is 19.6 Å². The number of hydrogen-bond acceptors (Lipinski definition) is 7. The third-order valence-electron chi connectivity index (χ3n) is 8.29. The van der Waals surface area contributed by atoms with Gasteiger partial charge < -0.3 is 4.90 Å². The number of rotatable bonds is 0. The van der Waals surface area contributed by atoms with Crippen molar-refractivity contribution in [2.24, 2.45) is 0 Å². The molecule has 4 aliphatic heterocycles. The minimum atomic E-state index is 0.151. The first-order valence-electron chi connectivity index (χ1n) is 13.7. The minimum Gasteiger partial charge on any atom is -0.358 e. The number of pyridine rings is 3. The van der Waals surface area contributed by atoms with Gasteiger partial charge in [0, 0.05) is 29.9 Å². The van der Waals surface area contributed by atoms with Gasteiger partial charge in [-0.1, -0.05) is 48.6 Å². The Hall–Kier alpha value is -5.17. The van der Waals surface area contributed by atoms with Crippen LogP contribution in [-0.2, 0) is 0 Å². The highest BCUT2D eigenvalue weighted by Crippen LogP contribution is 2.44. The minimum absolute atomic E-state index is 0.151. The van der Waals surface area contributed by atoms with Gasteiger partial charge in [-0.25, -0.2) is 15.0 Å². The van der Waals surface area contributed by atoms with E-state index in [2.05, 4.69) is 135 Å². The Bertz CT molecular complexity index is 1710. The number of nitrogens with zero attached hydrogens (tertiary/aromatic N) is 7. The van der Waals surface area contributed by atoms with Crippen molar-refractivity contribution < 1.29 is 0 Å². The average Bonchev–Trinajstić information content (AvgIpc) is 2.98. The lowest BCUT2D eigenvalue weighted by Gasteiger charge is -2.44. The van der Waals surface area contributed by atoms with Crippen LogP contribution in [0, 0.1) is 0 Å². The number of hydrogen-bond donors (Lipinski definition) is 0. The van der Waals surface area contributed by atoms with E-state index in [1.165, 1.54) is 5.69 Å². The fourth-order valence-electron chi connectivity index (χ4n) is 6.61. The molecule has 192 valence electrons. The fourth-order valence-corrected chi connectivity index (χ4v) is 6.61. The molecular formula is C33H25N7. The van der Waals surface area contributed by atoms with Gasteiger partial charge in [0.1, 0.15) is 34.9 Å². The van der Waals surface area contributed by atoms with Crippen LogP contribution in [0.3, 0.4) is 0 Å². The second kappa shape index (κ2) is 8.16. The van der Waals surface area contributed by atoms with Crippen molar-refractivity contribution in [1.29, 1.82) is 0 Å². The van der Waals surface area contributed by atoms with Gasteiger partial charge in [-0.3, -0.25) is 14.7 Å². The van der Waals surface area contributed by atoms with Gasteiger partial charge in [-0.05, 0) is 66.7 Å². The Labute approximate surface area is 232 Å². The van der Waals surface area contributed by atoms with Crippen molar-refractivity contribution in [3.8, 4) is 0 Å². The standard InChI is InChI=1S/C33H25N7/c1-7-22-19-25(10-1)38-28-13-4-15-30(34-28)39-26-11-2-8-23(20-26)37(22)24-9-3-12-27(21-24)40(31-16-5-14-29(38)35-31)33-18-6-17-32(39)36-33/h1-19,23-24H,20-21H2. The SMILES string of the molecule is C1=CC2CC(=C1)N1c3cccc(n3)N3C4=CC=CC(C4)N2c2cccc(c2)N(c2cccc1n2)c1cccc3n1. The summed E-state index contributed by atoms with van der Waals surface area (Å²) in [7, 11) is 0. The number of allylic oxidation sites excluding steroid dienone is 4. The molecule has 6 aliphatic rings. The maximum Gasteiger partial charge on any atom is 0.141 e. The molecule has 10 rings (SSSR count). The Morgan fingerprint density at radius 3 is 1.43 bits per heavy atom. The van der Waals surface area contributed by atoms with E-state index in [0.29, 0.717) is 0 Å². The van der Waals surface area contributed by atoms with Crippen molar-refractivity contribution in [3.05, 3.63) is 127 Å². The molecular weight excluding hydrogens is 494 g/mol. The van der Waals surface area contributed by atoms with Gasteiger partial charge in [0.2, 0.25) is 0 Å². The summed E-state index contributed by atoms with van der Waals surface area (Å²) in [6, 6.07) is 27.8. The number of benzene rings is 1. The molecule has 16 bridgehead atoms. The van der Waals surface area contributed by atoms with Crippen molar-refractivity contribution in [2.45, 2.75) is 24.9 Å². The highest BCUT2D eigenvalue weighted by atomic mass is 15.4. The van der Waals surface area contributed by atoms with Crippen LogP contribution in [0.2, 0.25) is 0 Å². The van der Waals surface area contributed by atoms with Crippen molar-refractivity contribution in [3.63, 3.8) is 0 Å². The summed E-state index contributed by atoms with van der Waals surface area (Å²) in [5.41, 5.74) is 4.52. The molecule has 40 heavy (non-hydrogen) atoms. The largest absolute Gasteiger partial charge is 0.358 e. The fraction of sp³-hybridized carbons (Fsp3) is 0.121. The van der Waals surface area contributed by atoms with Gasteiger partial charge in [0.05, 0.1) is 17.8 Å². The molecule has 0 spiro atoms. The molecule has 0 saturated carbocycles. The third kappa shape index (κ3) is 3.15. The van der Waals surface area contributed by atoms with E-state index in [1.807, 2.05) is 0 Å². The van der Waals surface area contributed by atoms with E-state index in [1.54, 1.807) is 0 Å². The summed E-state index contributed by atoms with van der Waals surface area (Å²) in [6.45, 7) is 0. The molecule has 0 N–H and O–H groups in total. The molecule has 3 aromatic heterocycles. The van der Waals surface area contributed by atoms with E-state index < -0.39 is 0 Å². The summed E-state index contributed by atoms with van der Waals surface area (Å²) in [6.07, 6.45) is 15.1. The average molecular weight is 520 g/mol. The van der Waals surface area contributed by atoms with Gasteiger partial charge in [-0.15, -0.1) is 0 Å². The lowest BCUT2D eigenvalue weighted by atomic mass is 9.95. The van der Waals surface area contributed by atoms with E-state index in [4.69, 9.17) is 15.0 Å².